The summed E-state index contributed by atoms with van der Waals surface area (Å²) < 4.78 is 20.5. The van der Waals surface area contributed by atoms with Crippen molar-refractivity contribution in [1.29, 1.82) is 0 Å². The Morgan fingerprint density at radius 3 is 2.79 bits per heavy atom. The van der Waals surface area contributed by atoms with Crippen molar-refractivity contribution < 1.29 is 33.7 Å². The van der Waals surface area contributed by atoms with Crippen LogP contribution in [0.2, 0.25) is 0 Å². The van der Waals surface area contributed by atoms with Gasteiger partial charge in [0.25, 0.3) is 5.91 Å². The molecule has 39 heavy (non-hydrogen) atoms. The number of aliphatic hydroxyl groups excluding tert-OH is 2. The van der Waals surface area contributed by atoms with Crippen molar-refractivity contribution in [3.8, 4) is 0 Å². The Bertz CT molecular complexity index is 1100. The highest BCUT2D eigenvalue weighted by Crippen LogP contribution is 2.25. The molecule has 0 saturated carbocycles. The molecule has 1 aromatic heterocycles. The zero-order valence-corrected chi connectivity index (χ0v) is 22.7. The Labute approximate surface area is 228 Å². The van der Waals surface area contributed by atoms with Crippen molar-refractivity contribution in [3.63, 3.8) is 0 Å². The number of ether oxygens (including phenoxy) is 1. The Kier molecular flexibility index (Phi) is 11.0. The number of carbonyl (C=O) groups excluding carboxylic acids is 3. The van der Waals surface area contributed by atoms with Crippen molar-refractivity contribution >= 4 is 17.8 Å². The molecule has 1 fully saturated rings. The highest BCUT2D eigenvalue weighted by molar-refractivity contribution is 5.95. The number of carbonyl (C=O) groups is 3. The minimum Gasteiger partial charge on any atom is -0.460 e. The first kappa shape index (κ1) is 30.2. The van der Waals surface area contributed by atoms with Gasteiger partial charge in [0.1, 0.15) is 29.8 Å². The summed E-state index contributed by atoms with van der Waals surface area (Å²) >= 11 is 0. The van der Waals surface area contributed by atoms with Gasteiger partial charge < -0.3 is 30.2 Å². The van der Waals surface area contributed by atoms with Gasteiger partial charge in [-0.3, -0.25) is 9.59 Å². The number of nitrogens with one attached hydrogen (secondary N) is 2. The molecule has 10 nitrogen and oxygen atoms in total. The van der Waals surface area contributed by atoms with Crippen LogP contribution in [0.5, 0.6) is 0 Å². The molecule has 0 aromatic carbocycles. The number of allylic oxidation sites excluding steroid dienone is 2. The van der Waals surface area contributed by atoms with Gasteiger partial charge in [0.05, 0.1) is 12.3 Å². The molecular weight excluding hydrogens is 507 g/mol. The summed E-state index contributed by atoms with van der Waals surface area (Å²) in [6, 6.07) is -0.815. The molecule has 6 atom stereocenters. The van der Waals surface area contributed by atoms with Crippen LogP contribution in [0.15, 0.2) is 42.2 Å². The van der Waals surface area contributed by atoms with Crippen LogP contribution in [0.1, 0.15) is 56.3 Å². The molecule has 0 aliphatic carbocycles. The first-order chi connectivity index (χ1) is 18.6. The fourth-order valence-corrected chi connectivity index (χ4v) is 4.84. The van der Waals surface area contributed by atoms with E-state index in [0.29, 0.717) is 25.0 Å². The fraction of sp³-hybridized carbons (Fsp3) is 0.571. The maximum Gasteiger partial charge on any atom is 0.329 e. The number of fused-ring (bicyclic) bond motifs is 3. The topological polar surface area (TPSA) is 145 Å². The van der Waals surface area contributed by atoms with E-state index in [-0.39, 0.29) is 49.3 Å². The van der Waals surface area contributed by atoms with E-state index in [0.717, 1.165) is 0 Å². The average Bonchev–Trinajstić information content (AvgIpc) is 3.57. The molecule has 11 heteroatoms. The van der Waals surface area contributed by atoms with Gasteiger partial charge in [0, 0.05) is 44.4 Å². The lowest BCUT2D eigenvalue weighted by Gasteiger charge is -2.30. The predicted octanol–water partition coefficient (Wildman–Crippen LogP) is 2.01. The smallest absolute Gasteiger partial charge is 0.329 e. The number of cyclic esters (lactones) is 1. The Hall–Kier alpha value is -3.31. The number of aliphatic hydroxyl groups is 2. The molecule has 6 unspecified atom stereocenters. The van der Waals surface area contributed by atoms with E-state index in [9.17, 15) is 29.0 Å². The highest BCUT2D eigenvalue weighted by Gasteiger charge is 2.38. The highest BCUT2D eigenvalue weighted by atomic mass is 19.1. The van der Waals surface area contributed by atoms with Crippen LogP contribution in [0, 0.1) is 11.8 Å². The maximum absolute atomic E-state index is 14.7. The van der Waals surface area contributed by atoms with E-state index in [4.69, 9.17) is 4.74 Å². The number of halogens is 1. The maximum atomic E-state index is 14.7. The zero-order chi connectivity index (χ0) is 28.5. The summed E-state index contributed by atoms with van der Waals surface area (Å²) in [6.07, 6.45) is 6.88. The summed E-state index contributed by atoms with van der Waals surface area (Å²) in [5.74, 6) is -1.90. The quantitative estimate of drug-likeness (QED) is 0.415. The molecule has 2 amide bonds. The van der Waals surface area contributed by atoms with Crippen molar-refractivity contribution in [2.45, 2.75) is 70.9 Å². The molecule has 4 N–H and O–H groups in total. The number of aromatic amines is 1. The SMILES string of the molecule is CC1=C\C(O)CC(F)Cc2ncc([nH]2)C(=O)N2CCCC2C(=O)OC(C(C)CO)C(C)/C=C/C(=O)NC\C=C\1. The largest absolute Gasteiger partial charge is 0.460 e. The molecule has 214 valence electrons. The van der Waals surface area contributed by atoms with Crippen LogP contribution in [-0.2, 0) is 20.7 Å². The van der Waals surface area contributed by atoms with Crippen molar-refractivity contribution in [1.82, 2.24) is 20.2 Å². The lowest BCUT2D eigenvalue weighted by molar-refractivity contribution is -0.159. The van der Waals surface area contributed by atoms with Crippen molar-refractivity contribution in [2.24, 2.45) is 11.8 Å². The van der Waals surface area contributed by atoms with Gasteiger partial charge >= 0.3 is 5.97 Å². The number of esters is 1. The number of hydrogen-bond acceptors (Lipinski definition) is 7. The van der Waals surface area contributed by atoms with E-state index in [1.165, 1.54) is 23.2 Å². The summed E-state index contributed by atoms with van der Waals surface area (Å²) in [4.78, 5) is 47.1. The molecule has 0 radical (unpaired) electrons. The van der Waals surface area contributed by atoms with Crippen LogP contribution in [0.25, 0.3) is 0 Å². The van der Waals surface area contributed by atoms with Crippen LogP contribution in [0.3, 0.4) is 0 Å². The lowest BCUT2D eigenvalue weighted by atomic mass is 9.93. The number of hydrogen-bond donors (Lipinski definition) is 4. The van der Waals surface area contributed by atoms with Crippen molar-refractivity contribution in [3.05, 3.63) is 53.7 Å². The van der Waals surface area contributed by atoms with E-state index >= 15 is 0 Å². The monoisotopic (exact) mass is 546 g/mol. The number of amides is 2. The molecule has 3 heterocycles. The second-order valence-electron chi connectivity index (χ2n) is 10.3. The third-order valence-electron chi connectivity index (χ3n) is 6.96. The second-order valence-corrected chi connectivity index (χ2v) is 10.3. The van der Waals surface area contributed by atoms with Gasteiger partial charge in [-0.05, 0) is 25.8 Å². The number of rotatable bonds is 2. The van der Waals surface area contributed by atoms with Crippen LogP contribution in [-0.4, -0.2) is 87.0 Å². The summed E-state index contributed by atoms with van der Waals surface area (Å²) in [6.45, 7) is 5.65. The molecule has 0 spiro atoms. The first-order valence-electron chi connectivity index (χ1n) is 13.4. The number of imidazole rings is 1. The lowest BCUT2D eigenvalue weighted by Crippen LogP contribution is -2.44. The Morgan fingerprint density at radius 1 is 1.28 bits per heavy atom. The summed E-state index contributed by atoms with van der Waals surface area (Å²) in [5.41, 5.74) is 0.847. The number of nitrogens with zero attached hydrogens (tertiary/aromatic N) is 2. The minimum absolute atomic E-state index is 0.115. The standard InChI is InChI=1S/C28H39FN4O6/c1-17-6-4-10-30-25(36)9-8-18(2)26(19(3)16-34)39-28(38)23-7-5-11-33(23)27(37)22-15-31-24(32-22)14-20(29)13-21(35)12-17/h4,6,8-9,12,15,18-21,23,26,34-35H,5,7,10-11,13-14,16H2,1-3H3,(H,30,36)(H,31,32)/b6-4+,9-8+,17-12+. The van der Waals surface area contributed by atoms with Crippen LogP contribution < -0.4 is 5.32 Å². The molecule has 3 rings (SSSR count). The average molecular weight is 547 g/mol. The van der Waals surface area contributed by atoms with E-state index in [1.54, 1.807) is 39.0 Å². The number of aromatic nitrogens is 2. The third kappa shape index (κ3) is 8.59. The first-order valence-corrected chi connectivity index (χ1v) is 13.4. The van der Waals surface area contributed by atoms with Gasteiger partial charge in [-0.2, -0.15) is 0 Å². The fourth-order valence-electron chi connectivity index (χ4n) is 4.84. The summed E-state index contributed by atoms with van der Waals surface area (Å²) in [7, 11) is 0. The van der Waals surface area contributed by atoms with Crippen LogP contribution >= 0.6 is 0 Å². The second kappa shape index (κ2) is 14.2. The predicted molar refractivity (Wildman–Crippen MR) is 142 cm³/mol. The van der Waals surface area contributed by atoms with Gasteiger partial charge in [0.2, 0.25) is 5.91 Å². The molecule has 2 aliphatic rings. The normalized spacial score (nSPS) is 31.8. The van der Waals surface area contributed by atoms with Gasteiger partial charge in [-0.25, -0.2) is 14.2 Å². The Morgan fingerprint density at radius 2 is 2.05 bits per heavy atom. The molecule has 1 aromatic rings. The molecule has 1 saturated heterocycles. The number of alkyl halides is 1. The summed E-state index contributed by atoms with van der Waals surface area (Å²) in [5, 5.41) is 22.7. The molecule has 2 aliphatic heterocycles. The molecule has 2 bridgehead atoms. The number of H-pyrrole nitrogens is 1. The van der Waals surface area contributed by atoms with E-state index in [1.807, 2.05) is 0 Å². The van der Waals surface area contributed by atoms with E-state index < -0.39 is 42.2 Å². The van der Waals surface area contributed by atoms with Gasteiger partial charge in [-0.15, -0.1) is 0 Å². The van der Waals surface area contributed by atoms with Crippen LogP contribution in [0.4, 0.5) is 4.39 Å². The van der Waals surface area contributed by atoms with Gasteiger partial charge in [-0.1, -0.05) is 43.7 Å². The third-order valence-corrected chi connectivity index (χ3v) is 6.96. The molecular formula is C28H39FN4O6. The van der Waals surface area contributed by atoms with E-state index in [2.05, 4.69) is 15.3 Å². The van der Waals surface area contributed by atoms with Crippen molar-refractivity contribution in [2.75, 3.05) is 19.7 Å². The minimum atomic E-state index is -1.41. The van der Waals surface area contributed by atoms with Gasteiger partial charge in [0.15, 0.2) is 0 Å². The zero-order valence-electron chi connectivity index (χ0n) is 22.7. The Balaban J connectivity index is 1.86.